The highest BCUT2D eigenvalue weighted by atomic mass is 79.9. The second kappa shape index (κ2) is 6.06. The van der Waals surface area contributed by atoms with Gasteiger partial charge in [-0.05, 0) is 37.5 Å². The van der Waals surface area contributed by atoms with Crippen molar-refractivity contribution in [2.45, 2.75) is 76.9 Å². The number of alkyl halides is 1. The van der Waals surface area contributed by atoms with Crippen LogP contribution >= 0.6 is 15.9 Å². The van der Waals surface area contributed by atoms with Crippen LogP contribution in [0.2, 0.25) is 0 Å². The first-order valence-electron chi connectivity index (χ1n) is 7.37. The average Bonchev–Trinajstić information content (AvgIpc) is 2.29. The molecule has 0 aliphatic heterocycles. The van der Waals surface area contributed by atoms with Crippen molar-refractivity contribution in [3.05, 3.63) is 0 Å². The molecule has 4 atom stereocenters. The summed E-state index contributed by atoms with van der Waals surface area (Å²) < 4.78 is 6.56. The largest absolute Gasteiger partial charge is 0.371 e. The summed E-state index contributed by atoms with van der Waals surface area (Å²) >= 11 is 3.71. The lowest BCUT2D eigenvalue weighted by Crippen LogP contribution is -2.43. The predicted molar refractivity (Wildman–Crippen MR) is 76.7 cm³/mol. The maximum atomic E-state index is 6.56. The van der Waals surface area contributed by atoms with E-state index in [0.29, 0.717) is 6.10 Å². The Bertz CT molecular complexity index is 243. The summed E-state index contributed by atoms with van der Waals surface area (Å²) in [5.41, 5.74) is 0.152. The third-order valence-corrected chi connectivity index (χ3v) is 5.62. The molecule has 0 heterocycles. The Morgan fingerprint density at radius 3 is 2.53 bits per heavy atom. The molecule has 0 aromatic carbocycles. The Morgan fingerprint density at radius 2 is 1.88 bits per heavy atom. The first kappa shape index (κ1) is 13.9. The van der Waals surface area contributed by atoms with Crippen LogP contribution < -0.4 is 0 Å². The zero-order valence-corrected chi connectivity index (χ0v) is 13.0. The quantitative estimate of drug-likeness (QED) is 0.672. The zero-order chi connectivity index (χ0) is 12.3. The first-order valence-corrected chi connectivity index (χ1v) is 8.49. The van der Waals surface area contributed by atoms with Gasteiger partial charge in [0, 0.05) is 5.33 Å². The van der Waals surface area contributed by atoms with Crippen molar-refractivity contribution >= 4 is 15.9 Å². The monoisotopic (exact) mass is 302 g/mol. The van der Waals surface area contributed by atoms with Crippen molar-refractivity contribution in [1.82, 2.24) is 0 Å². The predicted octanol–water partition coefficient (Wildman–Crippen LogP) is 4.93. The van der Waals surface area contributed by atoms with Crippen LogP contribution in [0.3, 0.4) is 0 Å². The Labute approximate surface area is 115 Å². The Hall–Kier alpha value is 0.440. The fraction of sp³-hybridized carbons (Fsp3) is 1.00. The van der Waals surface area contributed by atoms with Gasteiger partial charge < -0.3 is 4.74 Å². The van der Waals surface area contributed by atoms with Crippen molar-refractivity contribution in [2.24, 2.45) is 11.8 Å². The lowest BCUT2D eigenvalue weighted by atomic mass is 9.79. The minimum Gasteiger partial charge on any atom is -0.371 e. The van der Waals surface area contributed by atoms with E-state index in [1.165, 1.54) is 51.4 Å². The van der Waals surface area contributed by atoms with Gasteiger partial charge >= 0.3 is 0 Å². The highest BCUT2D eigenvalue weighted by Gasteiger charge is 2.37. The Balaban J connectivity index is 1.93. The fourth-order valence-corrected chi connectivity index (χ4v) is 4.35. The van der Waals surface area contributed by atoms with Gasteiger partial charge in [-0.1, -0.05) is 55.5 Å². The smallest absolute Gasteiger partial charge is 0.0785 e. The summed E-state index contributed by atoms with van der Waals surface area (Å²) in [6.07, 6.45) is 11.1. The second-order valence-electron chi connectivity index (χ2n) is 6.53. The maximum Gasteiger partial charge on any atom is 0.0785 e. The van der Waals surface area contributed by atoms with Crippen LogP contribution in [0.15, 0.2) is 0 Å². The van der Waals surface area contributed by atoms with Gasteiger partial charge in [0.25, 0.3) is 0 Å². The normalized spacial score (nSPS) is 43.6. The number of ether oxygens (including phenoxy) is 1. The number of rotatable bonds is 3. The Kier molecular flexibility index (Phi) is 4.94. The Morgan fingerprint density at radius 1 is 1.12 bits per heavy atom. The molecule has 0 spiro atoms. The lowest BCUT2D eigenvalue weighted by Gasteiger charge is -2.43. The van der Waals surface area contributed by atoms with E-state index in [4.69, 9.17) is 4.74 Å². The van der Waals surface area contributed by atoms with Crippen molar-refractivity contribution in [2.75, 3.05) is 5.33 Å². The van der Waals surface area contributed by atoms with E-state index in [2.05, 4.69) is 29.8 Å². The summed E-state index contributed by atoms with van der Waals surface area (Å²) in [5, 5.41) is 1.02. The van der Waals surface area contributed by atoms with Crippen LogP contribution in [-0.2, 0) is 4.74 Å². The molecule has 0 bridgehead atoms. The molecule has 0 amide bonds. The van der Waals surface area contributed by atoms with E-state index in [1.807, 2.05) is 0 Å². The summed E-state index contributed by atoms with van der Waals surface area (Å²) in [4.78, 5) is 0. The van der Waals surface area contributed by atoms with Gasteiger partial charge in [-0.15, -0.1) is 0 Å². The first-order chi connectivity index (χ1) is 8.13. The molecular weight excluding hydrogens is 276 g/mol. The molecule has 2 aliphatic carbocycles. The molecule has 0 aromatic heterocycles. The van der Waals surface area contributed by atoms with Crippen molar-refractivity contribution in [3.63, 3.8) is 0 Å². The molecule has 0 saturated heterocycles. The van der Waals surface area contributed by atoms with E-state index in [1.54, 1.807) is 0 Å². The minimum atomic E-state index is 0.152. The molecule has 1 nitrogen and oxygen atoms in total. The minimum absolute atomic E-state index is 0.152. The van der Waals surface area contributed by atoms with E-state index in [-0.39, 0.29) is 5.60 Å². The van der Waals surface area contributed by atoms with Crippen LogP contribution in [0.25, 0.3) is 0 Å². The molecule has 0 aromatic rings. The van der Waals surface area contributed by atoms with Crippen LogP contribution in [0.5, 0.6) is 0 Å². The van der Waals surface area contributed by atoms with Crippen LogP contribution in [0, 0.1) is 11.8 Å². The van der Waals surface area contributed by atoms with Crippen molar-refractivity contribution in [3.8, 4) is 0 Å². The molecule has 4 unspecified atom stereocenters. The van der Waals surface area contributed by atoms with Gasteiger partial charge in [-0.25, -0.2) is 0 Å². The maximum absolute atomic E-state index is 6.56. The molecule has 0 N–H and O–H groups in total. The molecule has 0 radical (unpaired) electrons. The van der Waals surface area contributed by atoms with Gasteiger partial charge in [-0.2, -0.15) is 0 Å². The SMILES string of the molecule is CC1CCCC(OC2(CBr)CCCC(C)C2)C1. The lowest BCUT2D eigenvalue weighted by molar-refractivity contribution is -0.121. The third kappa shape index (κ3) is 3.70. The molecule has 2 rings (SSSR count). The van der Waals surface area contributed by atoms with Gasteiger partial charge in [0.1, 0.15) is 0 Å². The van der Waals surface area contributed by atoms with E-state index in [9.17, 15) is 0 Å². The fourth-order valence-electron chi connectivity index (χ4n) is 3.71. The van der Waals surface area contributed by atoms with E-state index in [0.717, 1.165) is 17.2 Å². The van der Waals surface area contributed by atoms with Crippen molar-refractivity contribution in [1.29, 1.82) is 0 Å². The summed E-state index contributed by atoms with van der Waals surface area (Å²) in [7, 11) is 0. The highest BCUT2D eigenvalue weighted by Crippen LogP contribution is 2.39. The number of halogens is 1. The molecule has 17 heavy (non-hydrogen) atoms. The van der Waals surface area contributed by atoms with Crippen molar-refractivity contribution < 1.29 is 4.74 Å². The average molecular weight is 303 g/mol. The standard InChI is InChI=1S/C15H27BrO/c1-12-5-3-7-14(9-12)17-15(11-16)8-4-6-13(2)10-15/h12-14H,3-11H2,1-2H3. The van der Waals surface area contributed by atoms with Gasteiger partial charge in [0.05, 0.1) is 11.7 Å². The summed E-state index contributed by atoms with van der Waals surface area (Å²) in [6.45, 7) is 4.75. The number of hydrogen-bond donors (Lipinski definition) is 0. The van der Waals surface area contributed by atoms with E-state index < -0.39 is 0 Å². The summed E-state index contributed by atoms with van der Waals surface area (Å²) in [6, 6.07) is 0. The number of hydrogen-bond acceptors (Lipinski definition) is 1. The van der Waals surface area contributed by atoms with E-state index >= 15 is 0 Å². The molecule has 2 fully saturated rings. The topological polar surface area (TPSA) is 9.23 Å². The van der Waals surface area contributed by atoms with Crippen LogP contribution in [-0.4, -0.2) is 17.0 Å². The third-order valence-electron chi connectivity index (χ3n) is 4.60. The van der Waals surface area contributed by atoms with Gasteiger partial charge in [-0.3, -0.25) is 0 Å². The summed E-state index contributed by atoms with van der Waals surface area (Å²) in [5.74, 6) is 1.70. The second-order valence-corrected chi connectivity index (χ2v) is 7.09. The van der Waals surface area contributed by atoms with Gasteiger partial charge in [0.15, 0.2) is 0 Å². The molecule has 100 valence electrons. The highest BCUT2D eigenvalue weighted by molar-refractivity contribution is 9.09. The molecular formula is C15H27BrO. The molecule has 2 heteroatoms. The van der Waals surface area contributed by atoms with Gasteiger partial charge in [0.2, 0.25) is 0 Å². The van der Waals surface area contributed by atoms with Crippen LogP contribution in [0.4, 0.5) is 0 Å². The molecule has 2 saturated carbocycles. The molecule has 2 aliphatic rings. The zero-order valence-electron chi connectivity index (χ0n) is 11.4. The van der Waals surface area contributed by atoms with Crippen LogP contribution in [0.1, 0.15) is 65.2 Å².